The van der Waals surface area contributed by atoms with Crippen molar-refractivity contribution >= 4 is 17.0 Å². The van der Waals surface area contributed by atoms with E-state index in [4.69, 9.17) is 0 Å². The Hall–Kier alpha value is -2.21. The van der Waals surface area contributed by atoms with Crippen molar-refractivity contribution in [1.29, 1.82) is 0 Å². The van der Waals surface area contributed by atoms with E-state index in [1.165, 1.54) is 0 Å². The highest BCUT2D eigenvalue weighted by Crippen LogP contribution is 2.15. The topological polar surface area (TPSA) is 86.3 Å². The van der Waals surface area contributed by atoms with Crippen molar-refractivity contribution in [2.24, 2.45) is 0 Å². The van der Waals surface area contributed by atoms with Crippen LogP contribution >= 0.6 is 0 Å². The molecule has 6 nitrogen and oxygen atoms in total. The van der Waals surface area contributed by atoms with Crippen LogP contribution in [0.5, 0.6) is 0 Å². The van der Waals surface area contributed by atoms with Crippen LogP contribution in [0.4, 0.5) is 0 Å². The Kier molecular flexibility index (Phi) is 3.59. The fourth-order valence-electron chi connectivity index (χ4n) is 1.76. The SMILES string of the molecule is CN(Cc1nc2ccccc2[nH]c1=O)C(C)(C)C(=O)O. The van der Waals surface area contributed by atoms with E-state index in [-0.39, 0.29) is 12.1 Å². The van der Waals surface area contributed by atoms with Crippen molar-refractivity contribution in [3.8, 4) is 0 Å². The van der Waals surface area contributed by atoms with Crippen molar-refractivity contribution in [2.45, 2.75) is 25.9 Å². The predicted molar refractivity (Wildman–Crippen MR) is 75.5 cm³/mol. The van der Waals surface area contributed by atoms with Crippen LogP contribution in [0.25, 0.3) is 11.0 Å². The summed E-state index contributed by atoms with van der Waals surface area (Å²) in [6.45, 7) is 3.34. The summed E-state index contributed by atoms with van der Waals surface area (Å²) in [4.78, 5) is 31.8. The van der Waals surface area contributed by atoms with Crippen molar-refractivity contribution in [1.82, 2.24) is 14.9 Å². The average molecular weight is 275 g/mol. The van der Waals surface area contributed by atoms with E-state index < -0.39 is 11.5 Å². The maximum absolute atomic E-state index is 12.0. The number of para-hydroxylation sites is 2. The number of H-pyrrole nitrogens is 1. The highest BCUT2D eigenvalue weighted by Gasteiger charge is 2.32. The lowest BCUT2D eigenvalue weighted by Gasteiger charge is -2.30. The normalized spacial score (nSPS) is 12.0. The number of hydrogen-bond donors (Lipinski definition) is 2. The number of nitrogens with zero attached hydrogens (tertiary/aromatic N) is 2. The summed E-state index contributed by atoms with van der Waals surface area (Å²) in [6, 6.07) is 7.23. The Morgan fingerprint density at radius 2 is 2.05 bits per heavy atom. The Morgan fingerprint density at radius 3 is 2.70 bits per heavy atom. The first-order valence-electron chi connectivity index (χ1n) is 6.25. The second kappa shape index (κ2) is 5.05. The summed E-state index contributed by atoms with van der Waals surface area (Å²) in [7, 11) is 1.66. The van der Waals surface area contributed by atoms with E-state index in [1.54, 1.807) is 37.9 Å². The molecular weight excluding hydrogens is 258 g/mol. The number of fused-ring (bicyclic) bond motifs is 1. The minimum atomic E-state index is -1.07. The lowest BCUT2D eigenvalue weighted by atomic mass is 10.0. The van der Waals surface area contributed by atoms with Crippen molar-refractivity contribution in [3.05, 3.63) is 40.3 Å². The van der Waals surface area contributed by atoms with Gasteiger partial charge in [-0.05, 0) is 33.0 Å². The molecule has 0 fully saturated rings. The van der Waals surface area contributed by atoms with Gasteiger partial charge in [0, 0.05) is 6.54 Å². The minimum Gasteiger partial charge on any atom is -0.480 e. The molecule has 0 aliphatic rings. The fraction of sp³-hybridized carbons (Fsp3) is 0.357. The van der Waals surface area contributed by atoms with Crippen LogP contribution in [-0.2, 0) is 11.3 Å². The number of hydrogen-bond acceptors (Lipinski definition) is 4. The van der Waals surface area contributed by atoms with Gasteiger partial charge >= 0.3 is 5.97 Å². The number of aromatic nitrogens is 2. The molecule has 0 unspecified atom stereocenters. The molecular formula is C14H17N3O3. The van der Waals surface area contributed by atoms with Gasteiger partial charge in [0.25, 0.3) is 5.56 Å². The number of nitrogens with one attached hydrogen (secondary N) is 1. The standard InChI is InChI=1S/C14H17N3O3/c1-14(2,13(19)20)17(3)8-11-12(18)16-10-7-5-4-6-9(10)15-11/h4-7H,8H2,1-3H3,(H,16,18)(H,19,20). The van der Waals surface area contributed by atoms with Gasteiger partial charge in [0.05, 0.1) is 11.0 Å². The first-order valence-corrected chi connectivity index (χ1v) is 6.25. The van der Waals surface area contributed by atoms with Gasteiger partial charge in [-0.25, -0.2) is 4.98 Å². The zero-order valence-electron chi connectivity index (χ0n) is 11.7. The smallest absolute Gasteiger partial charge is 0.323 e. The summed E-state index contributed by atoms with van der Waals surface area (Å²) >= 11 is 0. The first kappa shape index (κ1) is 14.2. The highest BCUT2D eigenvalue weighted by atomic mass is 16.4. The summed E-state index contributed by atoms with van der Waals surface area (Å²) in [6.07, 6.45) is 0. The van der Waals surface area contributed by atoms with Crippen LogP contribution in [0.2, 0.25) is 0 Å². The Morgan fingerprint density at radius 1 is 1.40 bits per heavy atom. The van der Waals surface area contributed by atoms with E-state index >= 15 is 0 Å². The zero-order valence-corrected chi connectivity index (χ0v) is 11.7. The van der Waals surface area contributed by atoms with Crippen LogP contribution in [0.3, 0.4) is 0 Å². The van der Waals surface area contributed by atoms with Gasteiger partial charge in [-0.15, -0.1) is 0 Å². The van der Waals surface area contributed by atoms with Crippen molar-refractivity contribution in [3.63, 3.8) is 0 Å². The lowest BCUT2D eigenvalue weighted by molar-refractivity contribution is -0.148. The molecule has 6 heteroatoms. The number of rotatable bonds is 4. The molecule has 2 rings (SSSR count). The van der Waals surface area contributed by atoms with Crippen LogP contribution < -0.4 is 5.56 Å². The molecule has 106 valence electrons. The first-order chi connectivity index (χ1) is 9.32. The van der Waals surface area contributed by atoms with Crippen LogP contribution in [-0.4, -0.2) is 38.5 Å². The molecule has 1 heterocycles. The number of carboxylic acids is 1. The van der Waals surface area contributed by atoms with Crippen molar-refractivity contribution in [2.75, 3.05) is 7.05 Å². The largest absolute Gasteiger partial charge is 0.480 e. The van der Waals surface area contributed by atoms with E-state index in [1.807, 2.05) is 12.1 Å². The molecule has 0 saturated carbocycles. The van der Waals surface area contributed by atoms with Gasteiger partial charge < -0.3 is 10.1 Å². The average Bonchev–Trinajstić information content (AvgIpc) is 2.39. The number of likely N-dealkylation sites (N-methyl/N-ethyl adjacent to an activating group) is 1. The number of aliphatic carboxylic acids is 1. The zero-order chi connectivity index (χ0) is 14.9. The monoisotopic (exact) mass is 275 g/mol. The minimum absolute atomic E-state index is 0.166. The molecule has 2 N–H and O–H groups in total. The molecule has 2 aromatic rings. The predicted octanol–water partition coefficient (Wildman–Crippen LogP) is 1.22. The molecule has 0 bridgehead atoms. The lowest BCUT2D eigenvalue weighted by Crippen LogP contribution is -2.48. The number of carboxylic acid groups (broad SMARTS) is 1. The quantitative estimate of drug-likeness (QED) is 0.876. The maximum atomic E-state index is 12.0. The van der Waals surface area contributed by atoms with Gasteiger partial charge in [0.2, 0.25) is 0 Å². The molecule has 0 amide bonds. The number of benzene rings is 1. The molecule has 0 radical (unpaired) electrons. The summed E-state index contributed by atoms with van der Waals surface area (Å²) in [5.41, 5.74) is 0.294. The van der Waals surface area contributed by atoms with E-state index in [0.29, 0.717) is 16.7 Å². The summed E-state index contributed by atoms with van der Waals surface area (Å²) in [5.74, 6) is -0.947. The molecule has 0 saturated heterocycles. The Labute approximate surface area is 116 Å². The second-order valence-electron chi connectivity index (χ2n) is 5.25. The summed E-state index contributed by atoms with van der Waals surface area (Å²) < 4.78 is 0. The van der Waals surface area contributed by atoms with E-state index in [9.17, 15) is 14.7 Å². The fourth-order valence-corrected chi connectivity index (χ4v) is 1.76. The van der Waals surface area contributed by atoms with E-state index in [0.717, 1.165) is 0 Å². The highest BCUT2D eigenvalue weighted by molar-refractivity contribution is 5.77. The van der Waals surface area contributed by atoms with Crippen LogP contribution in [0.15, 0.2) is 29.1 Å². The molecule has 0 aliphatic carbocycles. The molecule has 0 spiro atoms. The Balaban J connectivity index is 2.37. The molecule has 0 aliphatic heterocycles. The number of aromatic amines is 1. The third-order valence-corrected chi connectivity index (χ3v) is 3.53. The van der Waals surface area contributed by atoms with Crippen LogP contribution in [0.1, 0.15) is 19.5 Å². The molecule has 1 aromatic heterocycles. The summed E-state index contributed by atoms with van der Waals surface area (Å²) in [5, 5.41) is 9.18. The van der Waals surface area contributed by atoms with Gasteiger partial charge in [-0.3, -0.25) is 14.5 Å². The number of carbonyl (C=O) groups is 1. The van der Waals surface area contributed by atoms with Gasteiger partial charge in [-0.2, -0.15) is 0 Å². The third-order valence-electron chi connectivity index (χ3n) is 3.53. The van der Waals surface area contributed by atoms with Gasteiger partial charge in [0.15, 0.2) is 0 Å². The third kappa shape index (κ3) is 2.55. The van der Waals surface area contributed by atoms with Gasteiger partial charge in [0.1, 0.15) is 11.2 Å². The van der Waals surface area contributed by atoms with Crippen molar-refractivity contribution < 1.29 is 9.90 Å². The second-order valence-corrected chi connectivity index (χ2v) is 5.25. The molecule has 20 heavy (non-hydrogen) atoms. The van der Waals surface area contributed by atoms with E-state index in [2.05, 4.69) is 9.97 Å². The Bertz CT molecular complexity index is 706. The molecule has 1 aromatic carbocycles. The van der Waals surface area contributed by atoms with Crippen LogP contribution in [0, 0.1) is 0 Å². The molecule has 0 atom stereocenters. The maximum Gasteiger partial charge on any atom is 0.323 e. The van der Waals surface area contributed by atoms with Gasteiger partial charge in [-0.1, -0.05) is 12.1 Å².